The van der Waals surface area contributed by atoms with E-state index in [1.165, 1.54) is 16.2 Å². The third-order valence-electron chi connectivity index (χ3n) is 4.86. The Morgan fingerprint density at radius 3 is 2.08 bits per heavy atom. The second-order valence-corrected chi connectivity index (χ2v) is 6.38. The van der Waals surface area contributed by atoms with Crippen molar-refractivity contribution in [3.63, 3.8) is 0 Å². The molecule has 0 amide bonds. The topological polar surface area (TPSA) is 47.2 Å². The van der Waals surface area contributed by atoms with Crippen molar-refractivity contribution in [3.05, 3.63) is 105 Å². The lowest BCUT2D eigenvalue weighted by Crippen LogP contribution is -2.44. The van der Waals surface area contributed by atoms with Gasteiger partial charge >= 0.3 is 5.69 Å². The fourth-order valence-corrected chi connectivity index (χ4v) is 3.52. The third kappa shape index (κ3) is 2.40. The fraction of sp³-hybridized carbons (Fsp3) is 0.143. The molecule has 0 N–H and O–H groups in total. The smallest absolute Gasteiger partial charge is 0.330 e. The first-order valence-corrected chi connectivity index (χ1v) is 8.46. The van der Waals surface area contributed by atoms with E-state index in [1.807, 2.05) is 72.9 Å². The molecule has 0 aliphatic carbocycles. The minimum absolute atomic E-state index is 0.262. The van der Waals surface area contributed by atoms with Gasteiger partial charge in [0.25, 0.3) is 5.56 Å². The van der Waals surface area contributed by atoms with E-state index in [2.05, 4.69) is 4.90 Å². The average molecular weight is 345 g/mol. The summed E-state index contributed by atoms with van der Waals surface area (Å²) in [4.78, 5) is 27.4. The van der Waals surface area contributed by atoms with Gasteiger partial charge in [-0.15, -0.1) is 0 Å². The molecule has 2 aromatic carbocycles. The molecule has 1 aliphatic heterocycles. The van der Waals surface area contributed by atoms with Crippen LogP contribution >= 0.6 is 0 Å². The molecule has 5 nitrogen and oxygen atoms in total. The second-order valence-electron chi connectivity index (χ2n) is 6.38. The van der Waals surface area contributed by atoms with Gasteiger partial charge in [0.15, 0.2) is 0 Å². The van der Waals surface area contributed by atoms with Gasteiger partial charge in [0.1, 0.15) is 0 Å². The summed E-state index contributed by atoms with van der Waals surface area (Å²) in [7, 11) is 3.23. The zero-order valence-corrected chi connectivity index (χ0v) is 14.7. The van der Waals surface area contributed by atoms with E-state index in [9.17, 15) is 9.59 Å². The predicted octanol–water partition coefficient (Wildman–Crippen LogP) is 2.66. The number of aromatic nitrogens is 2. The van der Waals surface area contributed by atoms with Gasteiger partial charge in [-0.3, -0.25) is 13.9 Å². The van der Waals surface area contributed by atoms with Crippen LogP contribution in [0.4, 0.5) is 5.69 Å². The lowest BCUT2D eigenvalue weighted by molar-refractivity contribution is 0.638. The van der Waals surface area contributed by atoms with Crippen LogP contribution in [0.15, 0.2) is 76.5 Å². The van der Waals surface area contributed by atoms with Crippen LogP contribution in [0.1, 0.15) is 22.9 Å². The summed E-state index contributed by atoms with van der Waals surface area (Å²) in [5.74, 6) is 0. The van der Waals surface area contributed by atoms with Gasteiger partial charge in [0, 0.05) is 26.0 Å². The largest absolute Gasteiger partial charge is 0.336 e. The van der Waals surface area contributed by atoms with Crippen LogP contribution in [0.3, 0.4) is 0 Å². The SMILES string of the molecule is Cn1c2c(c(=O)n(C)c1=O)C(c1ccccc1)N(c1ccccc1)C=C2. The van der Waals surface area contributed by atoms with Crippen LogP contribution in [0.25, 0.3) is 6.08 Å². The lowest BCUT2D eigenvalue weighted by Gasteiger charge is -2.35. The number of fused-ring (bicyclic) bond motifs is 1. The van der Waals surface area contributed by atoms with Crippen LogP contribution < -0.4 is 16.1 Å². The van der Waals surface area contributed by atoms with Crippen LogP contribution in [0.2, 0.25) is 0 Å². The number of hydrogen-bond acceptors (Lipinski definition) is 3. The molecular formula is C21H19N3O2. The molecule has 0 radical (unpaired) electrons. The molecule has 1 aromatic heterocycles. The van der Waals surface area contributed by atoms with Gasteiger partial charge in [0.2, 0.25) is 0 Å². The Morgan fingerprint density at radius 2 is 1.42 bits per heavy atom. The molecule has 4 rings (SSSR count). The van der Waals surface area contributed by atoms with E-state index in [4.69, 9.17) is 0 Å². The van der Waals surface area contributed by atoms with Crippen LogP contribution in [0.5, 0.6) is 0 Å². The highest BCUT2D eigenvalue weighted by atomic mass is 16.2. The van der Waals surface area contributed by atoms with Crippen molar-refractivity contribution in [1.82, 2.24) is 9.13 Å². The van der Waals surface area contributed by atoms with E-state index >= 15 is 0 Å². The maximum atomic E-state index is 13.0. The van der Waals surface area contributed by atoms with Crippen LogP contribution in [-0.2, 0) is 14.1 Å². The monoisotopic (exact) mass is 345 g/mol. The molecule has 5 heteroatoms. The number of rotatable bonds is 2. The Kier molecular flexibility index (Phi) is 3.84. The summed E-state index contributed by atoms with van der Waals surface area (Å²) in [6, 6.07) is 19.5. The zero-order valence-electron chi connectivity index (χ0n) is 14.7. The molecule has 1 aliphatic rings. The maximum Gasteiger partial charge on any atom is 0.330 e. The summed E-state index contributed by atoms with van der Waals surface area (Å²) < 4.78 is 2.71. The van der Waals surface area contributed by atoms with Crippen molar-refractivity contribution in [2.45, 2.75) is 6.04 Å². The first-order valence-electron chi connectivity index (χ1n) is 8.46. The number of hydrogen-bond donors (Lipinski definition) is 0. The van der Waals surface area contributed by atoms with E-state index < -0.39 is 0 Å². The van der Waals surface area contributed by atoms with Crippen molar-refractivity contribution in [2.24, 2.45) is 14.1 Å². The molecule has 130 valence electrons. The van der Waals surface area contributed by atoms with Crippen molar-refractivity contribution < 1.29 is 0 Å². The highest BCUT2D eigenvalue weighted by molar-refractivity contribution is 5.66. The Morgan fingerprint density at radius 1 is 0.808 bits per heavy atom. The molecule has 0 bridgehead atoms. The van der Waals surface area contributed by atoms with Gasteiger partial charge in [-0.2, -0.15) is 0 Å². The Labute approximate surface area is 151 Å². The molecule has 0 spiro atoms. The number of nitrogens with zero attached hydrogens (tertiary/aromatic N) is 3. The Balaban J connectivity index is 2.04. The van der Waals surface area contributed by atoms with Gasteiger partial charge in [0.05, 0.1) is 17.3 Å². The molecule has 0 fully saturated rings. The summed E-state index contributed by atoms with van der Waals surface area (Å²) in [5.41, 5.74) is 2.66. The Bertz CT molecular complexity index is 1100. The number of para-hydroxylation sites is 1. The van der Waals surface area contributed by atoms with E-state index in [1.54, 1.807) is 7.05 Å². The van der Waals surface area contributed by atoms with Gasteiger partial charge in [-0.25, -0.2) is 4.79 Å². The fourth-order valence-electron chi connectivity index (χ4n) is 3.52. The van der Waals surface area contributed by atoms with Crippen LogP contribution in [0, 0.1) is 0 Å². The summed E-state index contributed by atoms with van der Waals surface area (Å²) in [6.07, 6.45) is 3.78. The lowest BCUT2D eigenvalue weighted by atomic mass is 9.93. The molecular weight excluding hydrogens is 326 g/mol. The van der Waals surface area contributed by atoms with Crippen molar-refractivity contribution >= 4 is 11.8 Å². The summed E-state index contributed by atoms with van der Waals surface area (Å²) in [6.45, 7) is 0. The highest BCUT2D eigenvalue weighted by Crippen LogP contribution is 2.36. The predicted molar refractivity (Wildman–Crippen MR) is 103 cm³/mol. The molecule has 0 saturated carbocycles. The zero-order chi connectivity index (χ0) is 18.3. The number of anilines is 1. The quantitative estimate of drug-likeness (QED) is 0.717. The van der Waals surface area contributed by atoms with E-state index in [0.717, 1.165) is 11.3 Å². The molecule has 0 saturated heterocycles. The second kappa shape index (κ2) is 6.19. The highest BCUT2D eigenvalue weighted by Gasteiger charge is 2.31. The van der Waals surface area contributed by atoms with Crippen molar-refractivity contribution in [1.29, 1.82) is 0 Å². The molecule has 26 heavy (non-hydrogen) atoms. The van der Waals surface area contributed by atoms with Gasteiger partial charge in [-0.05, 0) is 23.8 Å². The average Bonchev–Trinajstić information content (AvgIpc) is 2.71. The van der Waals surface area contributed by atoms with Crippen LogP contribution in [-0.4, -0.2) is 9.13 Å². The van der Waals surface area contributed by atoms with E-state index in [-0.39, 0.29) is 17.3 Å². The Hall–Kier alpha value is -3.34. The minimum Gasteiger partial charge on any atom is -0.336 e. The third-order valence-corrected chi connectivity index (χ3v) is 4.86. The van der Waals surface area contributed by atoms with Gasteiger partial charge in [-0.1, -0.05) is 48.5 Å². The van der Waals surface area contributed by atoms with Crippen molar-refractivity contribution in [2.75, 3.05) is 4.90 Å². The minimum atomic E-state index is -0.321. The van der Waals surface area contributed by atoms with Gasteiger partial charge < -0.3 is 4.90 Å². The standard InChI is InChI=1S/C21H19N3O2/c1-22-17-13-14-24(16-11-7-4-8-12-16)19(15-9-5-3-6-10-15)18(17)20(25)23(2)21(22)26/h3-14,19H,1-2H3. The molecule has 1 unspecified atom stereocenters. The summed E-state index contributed by atoms with van der Waals surface area (Å²) in [5, 5.41) is 0. The summed E-state index contributed by atoms with van der Waals surface area (Å²) >= 11 is 0. The normalized spacial score (nSPS) is 15.8. The first-order chi connectivity index (χ1) is 12.6. The molecule has 1 atom stereocenters. The first kappa shape index (κ1) is 16.1. The molecule has 3 aromatic rings. The number of benzene rings is 2. The maximum absolute atomic E-state index is 13.0. The van der Waals surface area contributed by atoms with Crippen molar-refractivity contribution in [3.8, 4) is 0 Å². The molecule has 2 heterocycles. The van der Waals surface area contributed by atoms with E-state index in [0.29, 0.717) is 11.3 Å².